The Balaban J connectivity index is 1.45. The van der Waals surface area contributed by atoms with Gasteiger partial charge >= 0.3 is 0 Å². The molecular formula is C20H13Br2N3O2S. The summed E-state index contributed by atoms with van der Waals surface area (Å²) < 4.78 is 7.57. The molecule has 1 amide bonds. The number of hydrogen-bond acceptors (Lipinski definition) is 5. The van der Waals surface area contributed by atoms with Gasteiger partial charge in [0.05, 0.1) is 4.47 Å². The minimum absolute atomic E-state index is 0.212. The van der Waals surface area contributed by atoms with Crippen molar-refractivity contribution in [2.45, 2.75) is 6.61 Å². The highest BCUT2D eigenvalue weighted by Gasteiger charge is 2.13. The molecule has 0 aliphatic carbocycles. The molecule has 3 aromatic carbocycles. The molecule has 140 valence electrons. The normalized spacial score (nSPS) is 10.8. The summed E-state index contributed by atoms with van der Waals surface area (Å²) in [5.74, 6) is 0.496. The third-order valence-electron chi connectivity index (χ3n) is 3.97. The lowest BCUT2D eigenvalue weighted by Gasteiger charge is -2.06. The van der Waals surface area contributed by atoms with Crippen molar-refractivity contribution < 1.29 is 9.53 Å². The Bertz CT molecular complexity index is 1160. The highest BCUT2D eigenvalue weighted by atomic mass is 79.9. The maximum absolute atomic E-state index is 12.7. The van der Waals surface area contributed by atoms with Crippen LogP contribution in [0.1, 0.15) is 15.4 Å². The summed E-state index contributed by atoms with van der Waals surface area (Å²) in [6.45, 7) is 0.266. The van der Waals surface area contributed by atoms with Crippen molar-refractivity contribution in [1.29, 1.82) is 0 Å². The van der Waals surface area contributed by atoms with E-state index in [2.05, 4.69) is 47.4 Å². The fourth-order valence-electron chi connectivity index (χ4n) is 2.68. The number of amides is 1. The molecule has 5 nitrogen and oxygen atoms in total. The van der Waals surface area contributed by atoms with Gasteiger partial charge < -0.3 is 4.74 Å². The number of ether oxygens (including phenoxy) is 1. The van der Waals surface area contributed by atoms with Crippen LogP contribution in [0.5, 0.6) is 5.75 Å². The molecule has 0 unspecified atom stereocenters. The SMILES string of the molecule is O=C(Nc1nnc(COc2ccc(Br)cc2Br)s1)c1cccc2ccccc12. The molecule has 0 radical (unpaired) electrons. The van der Waals surface area contributed by atoms with Gasteiger partial charge in [0, 0.05) is 10.0 Å². The van der Waals surface area contributed by atoms with E-state index < -0.39 is 0 Å². The number of fused-ring (bicyclic) bond motifs is 1. The van der Waals surface area contributed by atoms with Gasteiger partial charge in [-0.3, -0.25) is 10.1 Å². The first-order valence-electron chi connectivity index (χ1n) is 8.29. The van der Waals surface area contributed by atoms with Crippen LogP contribution >= 0.6 is 43.2 Å². The average molecular weight is 519 g/mol. The smallest absolute Gasteiger partial charge is 0.258 e. The van der Waals surface area contributed by atoms with Gasteiger partial charge in [-0.15, -0.1) is 10.2 Å². The van der Waals surface area contributed by atoms with Crippen LogP contribution in [0.4, 0.5) is 5.13 Å². The van der Waals surface area contributed by atoms with Gasteiger partial charge in [0.1, 0.15) is 12.4 Å². The summed E-state index contributed by atoms with van der Waals surface area (Å²) in [4.78, 5) is 12.7. The topological polar surface area (TPSA) is 64.1 Å². The van der Waals surface area contributed by atoms with Crippen molar-refractivity contribution >= 4 is 65.0 Å². The Morgan fingerprint density at radius 1 is 1.04 bits per heavy atom. The van der Waals surface area contributed by atoms with E-state index in [1.807, 2.05) is 54.6 Å². The first kappa shape index (κ1) is 19.0. The van der Waals surface area contributed by atoms with Crippen LogP contribution in [0, 0.1) is 0 Å². The number of rotatable bonds is 5. The third-order valence-corrected chi connectivity index (χ3v) is 5.89. The summed E-state index contributed by atoms with van der Waals surface area (Å²) >= 11 is 8.15. The summed E-state index contributed by atoms with van der Waals surface area (Å²) in [7, 11) is 0. The zero-order chi connectivity index (χ0) is 19.5. The fourth-order valence-corrected chi connectivity index (χ4v) is 4.49. The lowest BCUT2D eigenvalue weighted by Crippen LogP contribution is -2.12. The van der Waals surface area contributed by atoms with Crippen LogP contribution in [-0.2, 0) is 6.61 Å². The average Bonchev–Trinajstić information content (AvgIpc) is 3.14. The van der Waals surface area contributed by atoms with Crippen molar-refractivity contribution in [2.75, 3.05) is 5.32 Å². The van der Waals surface area contributed by atoms with E-state index in [0.717, 1.165) is 19.7 Å². The Hall–Kier alpha value is -2.29. The predicted molar refractivity (Wildman–Crippen MR) is 118 cm³/mol. The Kier molecular flexibility index (Phi) is 5.70. The molecule has 4 aromatic rings. The number of aromatic nitrogens is 2. The van der Waals surface area contributed by atoms with Gasteiger partial charge in [-0.25, -0.2) is 0 Å². The monoisotopic (exact) mass is 517 g/mol. The number of halogens is 2. The highest BCUT2D eigenvalue weighted by Crippen LogP contribution is 2.29. The summed E-state index contributed by atoms with van der Waals surface area (Å²) in [5.41, 5.74) is 0.602. The van der Waals surface area contributed by atoms with E-state index >= 15 is 0 Å². The number of anilines is 1. The minimum Gasteiger partial charge on any atom is -0.485 e. The number of nitrogens with one attached hydrogen (secondary N) is 1. The van der Waals surface area contributed by atoms with Crippen LogP contribution in [-0.4, -0.2) is 16.1 Å². The van der Waals surface area contributed by atoms with E-state index in [1.165, 1.54) is 11.3 Å². The molecule has 1 heterocycles. The second-order valence-electron chi connectivity index (χ2n) is 5.85. The fraction of sp³-hybridized carbons (Fsp3) is 0.0500. The van der Waals surface area contributed by atoms with Gasteiger partial charge in [0.2, 0.25) is 5.13 Å². The Morgan fingerprint density at radius 2 is 1.86 bits per heavy atom. The summed E-state index contributed by atoms with van der Waals surface area (Å²) in [6.07, 6.45) is 0. The van der Waals surface area contributed by atoms with Gasteiger partial charge in [-0.05, 0) is 51.0 Å². The lowest BCUT2D eigenvalue weighted by molar-refractivity contribution is 0.102. The number of carbonyl (C=O) groups is 1. The van der Waals surface area contributed by atoms with E-state index in [9.17, 15) is 4.79 Å². The van der Waals surface area contributed by atoms with Crippen molar-refractivity contribution in [3.63, 3.8) is 0 Å². The molecule has 8 heteroatoms. The quantitative estimate of drug-likeness (QED) is 0.349. The second kappa shape index (κ2) is 8.38. The molecule has 0 aliphatic heterocycles. The van der Waals surface area contributed by atoms with Crippen LogP contribution in [0.15, 0.2) is 69.6 Å². The summed E-state index contributed by atoms with van der Waals surface area (Å²) in [5, 5.41) is 14.0. The molecular weight excluding hydrogens is 506 g/mol. The molecule has 0 spiro atoms. The second-order valence-corrected chi connectivity index (χ2v) is 8.68. The molecule has 1 aromatic heterocycles. The molecule has 0 aliphatic rings. The Morgan fingerprint density at radius 3 is 2.71 bits per heavy atom. The van der Waals surface area contributed by atoms with Crippen molar-refractivity contribution in [1.82, 2.24) is 10.2 Å². The molecule has 0 saturated heterocycles. The molecule has 0 saturated carbocycles. The van der Waals surface area contributed by atoms with Gasteiger partial charge in [0.15, 0.2) is 5.01 Å². The zero-order valence-corrected chi connectivity index (χ0v) is 18.3. The van der Waals surface area contributed by atoms with Gasteiger partial charge in [0.25, 0.3) is 5.91 Å². The Labute approximate surface area is 182 Å². The lowest BCUT2D eigenvalue weighted by atomic mass is 10.0. The third kappa shape index (κ3) is 4.24. The molecule has 1 N–H and O–H groups in total. The molecule has 28 heavy (non-hydrogen) atoms. The predicted octanol–water partition coefficient (Wildman–Crippen LogP) is 6.05. The van der Waals surface area contributed by atoms with Crippen molar-refractivity contribution in [3.8, 4) is 5.75 Å². The minimum atomic E-state index is -0.212. The zero-order valence-electron chi connectivity index (χ0n) is 14.4. The van der Waals surface area contributed by atoms with E-state index in [4.69, 9.17) is 4.74 Å². The van der Waals surface area contributed by atoms with E-state index in [0.29, 0.717) is 21.5 Å². The molecule has 4 rings (SSSR count). The van der Waals surface area contributed by atoms with E-state index in [-0.39, 0.29) is 12.5 Å². The van der Waals surface area contributed by atoms with E-state index in [1.54, 1.807) is 6.07 Å². The molecule has 0 atom stereocenters. The standard InChI is InChI=1S/C20H13Br2N3O2S/c21-13-8-9-17(16(22)10-13)27-11-18-24-25-20(28-18)23-19(26)15-7-3-5-12-4-1-2-6-14(12)15/h1-10H,11H2,(H,23,25,26). The van der Waals surface area contributed by atoms with Gasteiger partial charge in [-0.1, -0.05) is 63.7 Å². The van der Waals surface area contributed by atoms with Crippen molar-refractivity contribution in [3.05, 3.63) is 80.2 Å². The maximum atomic E-state index is 12.7. The molecule has 0 bridgehead atoms. The number of hydrogen-bond donors (Lipinski definition) is 1. The van der Waals surface area contributed by atoms with Crippen LogP contribution in [0.25, 0.3) is 10.8 Å². The van der Waals surface area contributed by atoms with Crippen LogP contribution in [0.2, 0.25) is 0 Å². The first-order chi connectivity index (χ1) is 13.6. The number of benzene rings is 3. The van der Waals surface area contributed by atoms with Gasteiger partial charge in [-0.2, -0.15) is 0 Å². The largest absolute Gasteiger partial charge is 0.485 e. The van der Waals surface area contributed by atoms with Crippen molar-refractivity contribution in [2.24, 2.45) is 0 Å². The first-order valence-corrected chi connectivity index (χ1v) is 10.7. The summed E-state index contributed by atoms with van der Waals surface area (Å²) in [6, 6.07) is 19.1. The number of nitrogens with zero attached hydrogens (tertiary/aromatic N) is 2. The highest BCUT2D eigenvalue weighted by molar-refractivity contribution is 9.11. The van der Waals surface area contributed by atoms with Crippen LogP contribution < -0.4 is 10.1 Å². The molecule has 0 fully saturated rings. The van der Waals surface area contributed by atoms with Crippen LogP contribution in [0.3, 0.4) is 0 Å². The maximum Gasteiger partial charge on any atom is 0.258 e. The number of carbonyl (C=O) groups excluding carboxylic acids is 1.